The summed E-state index contributed by atoms with van der Waals surface area (Å²) >= 11 is 0. The molecule has 0 heterocycles. The molecule has 2 heteroatoms. The van der Waals surface area contributed by atoms with Gasteiger partial charge in [-0.15, -0.1) is 0 Å². The Morgan fingerprint density at radius 2 is 1.57 bits per heavy atom. The van der Waals surface area contributed by atoms with E-state index in [0.717, 1.165) is 6.54 Å². The molecule has 0 aliphatic carbocycles. The molecule has 0 aliphatic rings. The van der Waals surface area contributed by atoms with Gasteiger partial charge in [-0.25, -0.2) is 0 Å². The van der Waals surface area contributed by atoms with Gasteiger partial charge in [0.05, 0.1) is 0 Å². The van der Waals surface area contributed by atoms with Crippen LogP contribution in [0.4, 0.5) is 0 Å². The molecule has 0 aromatic carbocycles. The van der Waals surface area contributed by atoms with Crippen LogP contribution >= 0.6 is 0 Å². The number of nitrogens with two attached hydrogens (primary N) is 1. The normalized spacial score (nSPS) is 19.5. The van der Waals surface area contributed by atoms with Crippen molar-refractivity contribution < 1.29 is 0 Å². The Morgan fingerprint density at radius 1 is 1.14 bits per heavy atom. The standard InChI is InChI=1S/C12H28N2/c1-9(10(2)13)8-14(7)11(3)12(4,5)6/h9-11H,8,13H2,1-7H3. The fourth-order valence-electron chi connectivity index (χ4n) is 1.44. The second kappa shape index (κ2) is 5.13. The van der Waals surface area contributed by atoms with Gasteiger partial charge in [-0.1, -0.05) is 27.7 Å². The summed E-state index contributed by atoms with van der Waals surface area (Å²) in [5.41, 5.74) is 6.21. The van der Waals surface area contributed by atoms with Crippen molar-refractivity contribution in [2.24, 2.45) is 17.1 Å². The highest BCUT2D eigenvalue weighted by atomic mass is 15.1. The van der Waals surface area contributed by atoms with E-state index < -0.39 is 0 Å². The highest BCUT2D eigenvalue weighted by Gasteiger charge is 2.25. The second-order valence-corrected chi connectivity index (χ2v) is 5.82. The summed E-state index contributed by atoms with van der Waals surface area (Å²) in [6, 6.07) is 0.869. The number of hydrogen-bond donors (Lipinski definition) is 1. The SMILES string of the molecule is CC(N)C(C)CN(C)C(C)C(C)(C)C. The predicted molar refractivity (Wildman–Crippen MR) is 64.4 cm³/mol. The van der Waals surface area contributed by atoms with Crippen molar-refractivity contribution in [1.29, 1.82) is 0 Å². The third kappa shape index (κ3) is 4.43. The monoisotopic (exact) mass is 200 g/mol. The van der Waals surface area contributed by atoms with Crippen molar-refractivity contribution in [1.82, 2.24) is 4.90 Å². The van der Waals surface area contributed by atoms with E-state index in [2.05, 4.69) is 53.5 Å². The molecule has 0 spiro atoms. The smallest absolute Gasteiger partial charge is 0.0112 e. The van der Waals surface area contributed by atoms with Gasteiger partial charge in [0.15, 0.2) is 0 Å². The van der Waals surface area contributed by atoms with Crippen molar-refractivity contribution in [2.45, 2.75) is 53.6 Å². The van der Waals surface area contributed by atoms with Gasteiger partial charge in [0, 0.05) is 18.6 Å². The Kier molecular flexibility index (Phi) is 5.10. The van der Waals surface area contributed by atoms with Gasteiger partial charge in [0.25, 0.3) is 0 Å². The molecule has 0 bridgehead atoms. The Morgan fingerprint density at radius 3 is 1.86 bits per heavy atom. The lowest BCUT2D eigenvalue weighted by Gasteiger charge is -2.37. The topological polar surface area (TPSA) is 29.3 Å². The average molecular weight is 200 g/mol. The lowest BCUT2D eigenvalue weighted by Crippen LogP contribution is -2.44. The molecule has 2 N–H and O–H groups in total. The number of hydrogen-bond acceptors (Lipinski definition) is 2. The lowest BCUT2D eigenvalue weighted by atomic mass is 9.86. The Bertz CT molecular complexity index is 158. The highest BCUT2D eigenvalue weighted by Crippen LogP contribution is 2.23. The van der Waals surface area contributed by atoms with Crippen LogP contribution in [0.25, 0.3) is 0 Å². The van der Waals surface area contributed by atoms with E-state index in [1.807, 2.05) is 0 Å². The first kappa shape index (κ1) is 13.9. The van der Waals surface area contributed by atoms with Crippen molar-refractivity contribution in [3.8, 4) is 0 Å². The van der Waals surface area contributed by atoms with Crippen molar-refractivity contribution in [2.75, 3.05) is 13.6 Å². The molecule has 0 fully saturated rings. The maximum atomic E-state index is 5.87. The van der Waals surface area contributed by atoms with Gasteiger partial charge >= 0.3 is 0 Å². The minimum Gasteiger partial charge on any atom is -0.328 e. The lowest BCUT2D eigenvalue weighted by molar-refractivity contribution is 0.121. The summed E-state index contributed by atoms with van der Waals surface area (Å²) in [6.07, 6.45) is 0. The van der Waals surface area contributed by atoms with Crippen LogP contribution in [0.1, 0.15) is 41.5 Å². The molecule has 86 valence electrons. The maximum absolute atomic E-state index is 5.87. The van der Waals surface area contributed by atoms with Gasteiger partial charge in [0.1, 0.15) is 0 Å². The number of rotatable bonds is 4. The van der Waals surface area contributed by atoms with Crippen LogP contribution in [0.2, 0.25) is 0 Å². The first-order chi connectivity index (χ1) is 6.16. The molecular weight excluding hydrogens is 172 g/mol. The van der Waals surface area contributed by atoms with Gasteiger partial charge in [-0.05, 0) is 32.2 Å². The van der Waals surface area contributed by atoms with Crippen LogP contribution in [-0.2, 0) is 0 Å². The molecule has 0 aliphatic heterocycles. The Hall–Kier alpha value is -0.0800. The van der Waals surface area contributed by atoms with Gasteiger partial charge in [-0.2, -0.15) is 0 Å². The molecule has 3 unspecified atom stereocenters. The molecule has 2 nitrogen and oxygen atoms in total. The predicted octanol–water partition coefficient (Wildman–Crippen LogP) is 2.34. The summed E-state index contributed by atoms with van der Waals surface area (Å²) in [4.78, 5) is 2.41. The zero-order chi connectivity index (χ0) is 11.5. The fraction of sp³-hybridized carbons (Fsp3) is 1.00. The van der Waals surface area contributed by atoms with E-state index in [1.165, 1.54) is 0 Å². The van der Waals surface area contributed by atoms with Crippen molar-refractivity contribution >= 4 is 0 Å². The van der Waals surface area contributed by atoms with Crippen LogP contribution in [0.5, 0.6) is 0 Å². The van der Waals surface area contributed by atoms with E-state index >= 15 is 0 Å². The molecule has 0 saturated heterocycles. The third-order valence-corrected chi connectivity index (χ3v) is 3.39. The van der Waals surface area contributed by atoms with Crippen LogP contribution in [0, 0.1) is 11.3 Å². The zero-order valence-corrected chi connectivity index (χ0v) is 11.0. The van der Waals surface area contributed by atoms with Gasteiger partial charge in [-0.3, -0.25) is 0 Å². The molecule has 3 atom stereocenters. The molecule has 0 aromatic rings. The van der Waals surface area contributed by atoms with Crippen molar-refractivity contribution in [3.05, 3.63) is 0 Å². The minimum absolute atomic E-state index is 0.282. The molecule has 0 rings (SSSR count). The summed E-state index contributed by atoms with van der Waals surface area (Å²) in [6.45, 7) is 14.5. The molecular formula is C12H28N2. The molecule has 14 heavy (non-hydrogen) atoms. The summed E-state index contributed by atoms with van der Waals surface area (Å²) < 4.78 is 0. The largest absolute Gasteiger partial charge is 0.328 e. The van der Waals surface area contributed by atoms with E-state index in [1.54, 1.807) is 0 Å². The highest BCUT2D eigenvalue weighted by molar-refractivity contribution is 4.79. The maximum Gasteiger partial charge on any atom is 0.0112 e. The Balaban J connectivity index is 4.15. The third-order valence-electron chi connectivity index (χ3n) is 3.39. The summed E-state index contributed by atoms with van der Waals surface area (Å²) in [7, 11) is 2.19. The van der Waals surface area contributed by atoms with E-state index in [-0.39, 0.29) is 6.04 Å². The molecule has 0 aromatic heterocycles. The summed E-state index contributed by atoms with van der Waals surface area (Å²) in [5, 5.41) is 0. The number of nitrogens with zero attached hydrogens (tertiary/aromatic N) is 1. The van der Waals surface area contributed by atoms with E-state index in [9.17, 15) is 0 Å². The van der Waals surface area contributed by atoms with Crippen LogP contribution in [0.15, 0.2) is 0 Å². The van der Waals surface area contributed by atoms with Crippen LogP contribution < -0.4 is 5.73 Å². The quantitative estimate of drug-likeness (QED) is 0.755. The van der Waals surface area contributed by atoms with Gasteiger partial charge < -0.3 is 10.6 Å². The molecule has 0 radical (unpaired) electrons. The average Bonchev–Trinajstić information content (AvgIpc) is 2.00. The first-order valence-electron chi connectivity index (χ1n) is 5.62. The van der Waals surface area contributed by atoms with Crippen LogP contribution in [-0.4, -0.2) is 30.6 Å². The summed E-state index contributed by atoms with van der Waals surface area (Å²) in [5.74, 6) is 0.560. The van der Waals surface area contributed by atoms with Gasteiger partial charge in [0.2, 0.25) is 0 Å². The van der Waals surface area contributed by atoms with E-state index in [4.69, 9.17) is 5.73 Å². The minimum atomic E-state index is 0.282. The fourth-order valence-corrected chi connectivity index (χ4v) is 1.44. The molecule has 0 saturated carbocycles. The second-order valence-electron chi connectivity index (χ2n) is 5.82. The van der Waals surface area contributed by atoms with Crippen molar-refractivity contribution in [3.63, 3.8) is 0 Å². The first-order valence-corrected chi connectivity index (χ1v) is 5.62. The molecule has 0 amide bonds. The van der Waals surface area contributed by atoms with Crippen LogP contribution in [0.3, 0.4) is 0 Å². The Labute approximate surface area is 89.9 Å². The zero-order valence-electron chi connectivity index (χ0n) is 11.0. The van der Waals surface area contributed by atoms with E-state index in [0.29, 0.717) is 17.4 Å².